The Hall–Kier alpha value is -2.89. The summed E-state index contributed by atoms with van der Waals surface area (Å²) in [7, 11) is 1.49. The molecule has 0 aliphatic rings. The van der Waals surface area contributed by atoms with Crippen LogP contribution in [0.25, 0.3) is 11.1 Å². The highest BCUT2D eigenvalue weighted by Gasteiger charge is 2.16. The summed E-state index contributed by atoms with van der Waals surface area (Å²) < 4.78 is 5.24. The summed E-state index contributed by atoms with van der Waals surface area (Å²) in [4.78, 5) is 10.9. The van der Waals surface area contributed by atoms with Gasteiger partial charge in [-0.3, -0.25) is 0 Å². The molecule has 0 saturated heterocycles. The molecule has 0 saturated carbocycles. The highest BCUT2D eigenvalue weighted by molar-refractivity contribution is 5.93. The van der Waals surface area contributed by atoms with Crippen LogP contribution in [0.2, 0.25) is 0 Å². The van der Waals surface area contributed by atoms with E-state index >= 15 is 0 Å². The van der Waals surface area contributed by atoms with E-state index in [9.17, 15) is 9.90 Å². The molecule has 0 aromatic heterocycles. The lowest BCUT2D eigenvalue weighted by Gasteiger charge is -2.14. The number of hydrogen-bond donors (Lipinski definition) is 4. The highest BCUT2D eigenvalue weighted by Crippen LogP contribution is 2.42. The molecule has 6 heteroatoms. The number of nitrogens with one attached hydrogen (secondary N) is 1. The Kier molecular flexibility index (Phi) is 3.65. The Morgan fingerprint density at radius 2 is 2.05 bits per heavy atom. The standard InChI is InChI=1S/C14H15N3O3/c1-20-11-6-5-10(17-14(16)19)13(18)12(11)8-3-2-4-9(15)7-8/h2-7,18H,15H2,1H3,(H3,16,17,19). The molecule has 6 N–H and O–H groups in total. The molecule has 0 bridgehead atoms. The van der Waals surface area contributed by atoms with Crippen LogP contribution >= 0.6 is 0 Å². The van der Waals surface area contributed by atoms with Gasteiger partial charge in [-0.15, -0.1) is 0 Å². The molecule has 6 nitrogen and oxygen atoms in total. The van der Waals surface area contributed by atoms with E-state index in [2.05, 4.69) is 5.32 Å². The van der Waals surface area contributed by atoms with Gasteiger partial charge < -0.3 is 26.6 Å². The third-order valence-electron chi connectivity index (χ3n) is 2.79. The fraction of sp³-hybridized carbons (Fsp3) is 0.0714. The SMILES string of the molecule is COc1ccc(NC(N)=O)c(O)c1-c1cccc(N)c1. The van der Waals surface area contributed by atoms with Crippen LogP contribution in [0.15, 0.2) is 36.4 Å². The Balaban J connectivity index is 2.62. The molecular formula is C14H15N3O3. The van der Waals surface area contributed by atoms with Crippen molar-refractivity contribution in [2.75, 3.05) is 18.2 Å². The van der Waals surface area contributed by atoms with Gasteiger partial charge in [0.2, 0.25) is 0 Å². The second-order valence-corrected chi connectivity index (χ2v) is 4.15. The van der Waals surface area contributed by atoms with Crippen molar-refractivity contribution in [1.29, 1.82) is 0 Å². The zero-order valence-electron chi connectivity index (χ0n) is 10.9. The molecule has 0 atom stereocenters. The predicted molar refractivity (Wildman–Crippen MR) is 77.7 cm³/mol. The van der Waals surface area contributed by atoms with Crippen LogP contribution in [0.4, 0.5) is 16.2 Å². The topological polar surface area (TPSA) is 111 Å². The third-order valence-corrected chi connectivity index (χ3v) is 2.79. The van der Waals surface area contributed by atoms with E-state index in [0.717, 1.165) is 0 Å². The van der Waals surface area contributed by atoms with E-state index in [-0.39, 0.29) is 11.4 Å². The average Bonchev–Trinajstić information content (AvgIpc) is 2.40. The number of amides is 2. The van der Waals surface area contributed by atoms with Crippen molar-refractivity contribution in [3.8, 4) is 22.6 Å². The van der Waals surface area contributed by atoms with Crippen LogP contribution in [0, 0.1) is 0 Å². The maximum absolute atomic E-state index is 10.9. The lowest BCUT2D eigenvalue weighted by Crippen LogP contribution is -2.19. The van der Waals surface area contributed by atoms with Crippen molar-refractivity contribution in [2.24, 2.45) is 5.73 Å². The van der Waals surface area contributed by atoms with Gasteiger partial charge in [0.15, 0.2) is 5.75 Å². The number of hydrogen-bond acceptors (Lipinski definition) is 4. The highest BCUT2D eigenvalue weighted by atomic mass is 16.5. The number of urea groups is 1. The van der Waals surface area contributed by atoms with Gasteiger partial charge in [0.05, 0.1) is 18.4 Å². The zero-order chi connectivity index (χ0) is 14.7. The number of ether oxygens (including phenoxy) is 1. The quantitative estimate of drug-likeness (QED) is 0.507. The molecule has 0 radical (unpaired) electrons. The molecule has 0 fully saturated rings. The molecule has 20 heavy (non-hydrogen) atoms. The van der Waals surface area contributed by atoms with Crippen molar-refractivity contribution >= 4 is 17.4 Å². The van der Waals surface area contributed by atoms with Crippen LogP contribution in [-0.2, 0) is 0 Å². The summed E-state index contributed by atoms with van der Waals surface area (Å²) in [6, 6.07) is 9.35. The Morgan fingerprint density at radius 3 is 2.65 bits per heavy atom. The first-order chi connectivity index (χ1) is 9.52. The third kappa shape index (κ3) is 2.59. The summed E-state index contributed by atoms with van der Waals surface area (Å²) in [5.74, 6) is 0.330. The fourth-order valence-electron chi connectivity index (χ4n) is 1.95. The smallest absolute Gasteiger partial charge is 0.316 e. The van der Waals surface area contributed by atoms with Crippen molar-refractivity contribution in [3.05, 3.63) is 36.4 Å². The minimum absolute atomic E-state index is 0.131. The van der Waals surface area contributed by atoms with Gasteiger partial charge in [-0.05, 0) is 29.8 Å². The predicted octanol–water partition coefficient (Wildman–Crippen LogP) is 2.14. The molecular weight excluding hydrogens is 258 g/mol. The number of aromatic hydroxyl groups is 1. The summed E-state index contributed by atoms with van der Waals surface area (Å²) in [5, 5.41) is 12.7. The molecule has 2 amide bonds. The molecule has 104 valence electrons. The Morgan fingerprint density at radius 1 is 1.30 bits per heavy atom. The number of methoxy groups -OCH3 is 1. The van der Waals surface area contributed by atoms with Crippen LogP contribution in [-0.4, -0.2) is 18.2 Å². The normalized spacial score (nSPS) is 10.1. The van der Waals surface area contributed by atoms with E-state index < -0.39 is 6.03 Å². The van der Waals surface area contributed by atoms with E-state index in [0.29, 0.717) is 22.6 Å². The van der Waals surface area contributed by atoms with E-state index in [4.69, 9.17) is 16.2 Å². The van der Waals surface area contributed by atoms with Gasteiger partial charge >= 0.3 is 6.03 Å². The van der Waals surface area contributed by atoms with Crippen molar-refractivity contribution in [2.45, 2.75) is 0 Å². The minimum atomic E-state index is -0.760. The van der Waals surface area contributed by atoms with Gasteiger partial charge in [0, 0.05) is 5.69 Å². The van der Waals surface area contributed by atoms with E-state index in [1.807, 2.05) is 0 Å². The number of benzene rings is 2. The summed E-state index contributed by atoms with van der Waals surface area (Å²) >= 11 is 0. The van der Waals surface area contributed by atoms with Crippen LogP contribution in [0.5, 0.6) is 11.5 Å². The van der Waals surface area contributed by atoms with Crippen LogP contribution in [0.3, 0.4) is 0 Å². The number of rotatable bonds is 3. The second kappa shape index (κ2) is 5.40. The molecule has 2 aromatic rings. The molecule has 0 heterocycles. The van der Waals surface area contributed by atoms with Gasteiger partial charge in [0.1, 0.15) is 5.75 Å². The van der Waals surface area contributed by atoms with Crippen molar-refractivity contribution < 1.29 is 14.6 Å². The Labute approximate surface area is 116 Å². The maximum Gasteiger partial charge on any atom is 0.316 e. The number of carbonyl (C=O) groups excluding carboxylic acids is 1. The number of nitrogen functional groups attached to an aromatic ring is 1. The van der Waals surface area contributed by atoms with E-state index in [1.165, 1.54) is 13.2 Å². The first kappa shape index (κ1) is 13.5. The number of carbonyl (C=O) groups is 1. The number of primary amides is 1. The summed E-state index contributed by atoms with van der Waals surface area (Å²) in [5.41, 5.74) is 12.7. The molecule has 0 spiro atoms. The molecule has 0 aliphatic carbocycles. The van der Waals surface area contributed by atoms with Gasteiger partial charge in [-0.2, -0.15) is 0 Å². The molecule has 0 aliphatic heterocycles. The lowest BCUT2D eigenvalue weighted by atomic mass is 10.0. The first-order valence-corrected chi connectivity index (χ1v) is 5.85. The number of phenols is 1. The molecule has 2 aromatic carbocycles. The fourth-order valence-corrected chi connectivity index (χ4v) is 1.95. The van der Waals surface area contributed by atoms with E-state index in [1.54, 1.807) is 30.3 Å². The minimum Gasteiger partial charge on any atom is -0.505 e. The first-order valence-electron chi connectivity index (χ1n) is 5.85. The number of nitrogens with two attached hydrogens (primary N) is 2. The monoisotopic (exact) mass is 273 g/mol. The van der Waals surface area contributed by atoms with Crippen molar-refractivity contribution in [3.63, 3.8) is 0 Å². The molecule has 0 unspecified atom stereocenters. The van der Waals surface area contributed by atoms with Gasteiger partial charge in [0.25, 0.3) is 0 Å². The average molecular weight is 273 g/mol. The van der Waals surface area contributed by atoms with Gasteiger partial charge in [-0.1, -0.05) is 12.1 Å². The largest absolute Gasteiger partial charge is 0.505 e. The van der Waals surface area contributed by atoms with Crippen LogP contribution < -0.4 is 21.5 Å². The number of anilines is 2. The second-order valence-electron chi connectivity index (χ2n) is 4.15. The lowest BCUT2D eigenvalue weighted by molar-refractivity contribution is 0.259. The zero-order valence-corrected chi connectivity index (χ0v) is 10.9. The van der Waals surface area contributed by atoms with Crippen LogP contribution in [0.1, 0.15) is 0 Å². The maximum atomic E-state index is 10.9. The van der Waals surface area contributed by atoms with Crippen molar-refractivity contribution in [1.82, 2.24) is 0 Å². The van der Waals surface area contributed by atoms with Gasteiger partial charge in [-0.25, -0.2) is 4.79 Å². The number of phenolic OH excluding ortho intramolecular Hbond substituents is 1. The molecule has 2 rings (SSSR count). The summed E-state index contributed by atoms with van der Waals surface area (Å²) in [6.07, 6.45) is 0. The summed E-state index contributed by atoms with van der Waals surface area (Å²) in [6.45, 7) is 0. The Bertz CT molecular complexity index is 656.